The van der Waals surface area contributed by atoms with Crippen LogP contribution < -0.4 is 22.1 Å². The summed E-state index contributed by atoms with van der Waals surface area (Å²) in [5, 5.41) is 22.2. The first kappa shape index (κ1) is 20.6. The second-order valence-electron chi connectivity index (χ2n) is 6.47. The number of nitrogens with two attached hydrogens (primary N) is 2. The van der Waals surface area contributed by atoms with E-state index in [4.69, 9.17) is 15.9 Å². The number of methoxy groups -OCH3 is 1. The van der Waals surface area contributed by atoms with Crippen LogP contribution in [0.1, 0.15) is 56.5 Å². The quantitative estimate of drug-likeness (QED) is 0.323. The highest BCUT2D eigenvalue weighted by Crippen LogP contribution is 2.36. The van der Waals surface area contributed by atoms with Gasteiger partial charge >= 0.3 is 12.0 Å². The van der Waals surface area contributed by atoms with Crippen LogP contribution in [0.2, 0.25) is 0 Å². The van der Waals surface area contributed by atoms with Gasteiger partial charge in [-0.1, -0.05) is 0 Å². The number of rotatable bonds is 9. The lowest BCUT2D eigenvalue weighted by Crippen LogP contribution is -2.49. The van der Waals surface area contributed by atoms with Crippen molar-refractivity contribution in [3.8, 4) is 0 Å². The van der Waals surface area contributed by atoms with Crippen molar-refractivity contribution in [3.63, 3.8) is 0 Å². The Labute approximate surface area is 155 Å². The molecule has 2 rings (SSSR count). The first-order valence-electron chi connectivity index (χ1n) is 8.41. The number of esters is 1. The number of nitrogens with zero attached hydrogens (tertiary/aromatic N) is 2. The highest BCUT2D eigenvalue weighted by atomic mass is 16.5. The summed E-state index contributed by atoms with van der Waals surface area (Å²) in [6.07, 6.45) is 0.0562. The molecule has 1 heterocycles. The Morgan fingerprint density at radius 3 is 2.48 bits per heavy atom. The van der Waals surface area contributed by atoms with Gasteiger partial charge in [-0.25, -0.2) is 9.59 Å². The number of amides is 3. The molecule has 0 radical (unpaired) electrons. The smallest absolute Gasteiger partial charge is 0.331 e. The molecule has 0 spiro atoms. The molecular formula is C15H24N6O6. The number of hydrogen-bond acceptors (Lipinski definition) is 9. The third-order valence-corrected chi connectivity index (χ3v) is 4.22. The van der Waals surface area contributed by atoms with E-state index in [0.717, 1.165) is 0 Å². The van der Waals surface area contributed by atoms with Crippen molar-refractivity contribution in [1.29, 1.82) is 0 Å². The monoisotopic (exact) mass is 384 g/mol. The Bertz CT molecular complexity index is 701. The zero-order valence-corrected chi connectivity index (χ0v) is 15.1. The molecule has 1 aliphatic carbocycles. The Balaban J connectivity index is 2.09. The molecule has 0 aliphatic heterocycles. The van der Waals surface area contributed by atoms with E-state index in [0.29, 0.717) is 12.8 Å². The molecule has 0 unspecified atom stereocenters. The number of hydrogen-bond donors (Lipinski definition) is 5. The molecule has 1 aliphatic rings. The highest BCUT2D eigenvalue weighted by Gasteiger charge is 2.52. The first-order chi connectivity index (χ1) is 12.7. The summed E-state index contributed by atoms with van der Waals surface area (Å²) < 4.78 is 10.1. The van der Waals surface area contributed by atoms with E-state index in [2.05, 4.69) is 25.6 Å². The van der Waals surface area contributed by atoms with E-state index in [1.54, 1.807) is 0 Å². The van der Waals surface area contributed by atoms with Gasteiger partial charge in [-0.2, -0.15) is 0 Å². The van der Waals surface area contributed by atoms with Crippen molar-refractivity contribution in [2.75, 3.05) is 7.11 Å². The minimum absolute atomic E-state index is 0.000384. The van der Waals surface area contributed by atoms with Gasteiger partial charge < -0.3 is 36.4 Å². The Hall–Kier alpha value is -2.73. The maximum Gasteiger partial charge on any atom is 0.331 e. The predicted octanol–water partition coefficient (Wildman–Crippen LogP) is -1.24. The van der Waals surface area contributed by atoms with E-state index in [1.165, 1.54) is 14.0 Å². The van der Waals surface area contributed by atoms with Crippen LogP contribution in [-0.4, -0.2) is 52.0 Å². The number of aliphatic hydroxyl groups is 1. The van der Waals surface area contributed by atoms with Crippen LogP contribution in [0, 0.1) is 0 Å². The highest BCUT2D eigenvalue weighted by molar-refractivity contribution is 5.90. The van der Waals surface area contributed by atoms with Gasteiger partial charge in [0.1, 0.15) is 17.6 Å². The molecule has 7 N–H and O–H groups in total. The number of aromatic nitrogens is 2. The Morgan fingerprint density at radius 2 is 1.96 bits per heavy atom. The maximum absolute atomic E-state index is 12.3. The summed E-state index contributed by atoms with van der Waals surface area (Å²) in [6.45, 7) is 1.46. The summed E-state index contributed by atoms with van der Waals surface area (Å²) >= 11 is 0. The van der Waals surface area contributed by atoms with Crippen LogP contribution in [0.5, 0.6) is 0 Å². The number of carbonyl (C=O) groups excluding carboxylic acids is 3. The Kier molecular flexibility index (Phi) is 6.33. The standard InChI is InChI=1S/C15H24N6O6/c1-7(22)10(17)12-21-20-11(27-12)8(3-4-9(16)23)18-14(25)19-15(5-6-15)13(24)26-2/h7-8,10,22H,3-6,17H2,1-2H3,(H2,16,23)(H2,18,19,25)/t7-,8+,10+/m1/s1. The van der Waals surface area contributed by atoms with Gasteiger partial charge in [0.2, 0.25) is 17.7 Å². The van der Waals surface area contributed by atoms with E-state index in [9.17, 15) is 19.5 Å². The molecule has 1 saturated carbocycles. The third kappa shape index (κ3) is 5.14. The molecule has 27 heavy (non-hydrogen) atoms. The fourth-order valence-corrected chi connectivity index (χ4v) is 2.38. The molecule has 3 amide bonds. The minimum Gasteiger partial charge on any atom is -0.467 e. The SMILES string of the molecule is COC(=O)C1(NC(=O)N[C@@H](CCC(N)=O)c2nnc([C@@H](N)[C@@H](C)O)o2)CC1. The van der Waals surface area contributed by atoms with Crippen LogP contribution in [-0.2, 0) is 14.3 Å². The molecular weight excluding hydrogens is 360 g/mol. The van der Waals surface area contributed by atoms with Gasteiger partial charge in [0, 0.05) is 6.42 Å². The normalized spacial score (nSPS) is 18.1. The van der Waals surface area contributed by atoms with Gasteiger partial charge in [0.05, 0.1) is 13.2 Å². The zero-order valence-electron chi connectivity index (χ0n) is 15.1. The summed E-state index contributed by atoms with van der Waals surface area (Å²) in [6, 6.07) is -2.40. The molecule has 150 valence electrons. The van der Waals surface area contributed by atoms with Crippen molar-refractivity contribution in [2.45, 2.75) is 56.3 Å². The average Bonchev–Trinajstić information content (AvgIpc) is 3.22. The number of carbonyl (C=O) groups is 3. The number of aliphatic hydroxyl groups excluding tert-OH is 1. The lowest BCUT2D eigenvalue weighted by atomic mass is 10.1. The summed E-state index contributed by atoms with van der Waals surface area (Å²) in [7, 11) is 1.24. The molecule has 1 aromatic rings. The molecule has 0 aromatic carbocycles. The van der Waals surface area contributed by atoms with Crippen LogP contribution in [0.25, 0.3) is 0 Å². The fraction of sp³-hybridized carbons (Fsp3) is 0.667. The molecule has 0 saturated heterocycles. The van der Waals surface area contributed by atoms with Crippen LogP contribution in [0.4, 0.5) is 4.79 Å². The number of nitrogens with one attached hydrogen (secondary N) is 2. The number of primary amides is 1. The molecule has 12 heteroatoms. The average molecular weight is 384 g/mol. The second-order valence-corrected chi connectivity index (χ2v) is 6.47. The lowest BCUT2D eigenvalue weighted by Gasteiger charge is -2.19. The molecule has 3 atom stereocenters. The second kappa shape index (κ2) is 8.31. The molecule has 0 bridgehead atoms. The maximum atomic E-state index is 12.3. The van der Waals surface area contributed by atoms with Gasteiger partial charge in [-0.15, -0.1) is 10.2 Å². The van der Waals surface area contributed by atoms with Crippen molar-refractivity contribution < 1.29 is 28.6 Å². The number of urea groups is 1. The van der Waals surface area contributed by atoms with Crippen molar-refractivity contribution in [1.82, 2.24) is 20.8 Å². The van der Waals surface area contributed by atoms with E-state index >= 15 is 0 Å². The van der Waals surface area contributed by atoms with Gasteiger partial charge in [0.15, 0.2) is 0 Å². The molecule has 12 nitrogen and oxygen atoms in total. The lowest BCUT2D eigenvalue weighted by molar-refractivity contribution is -0.144. The van der Waals surface area contributed by atoms with Gasteiger partial charge in [-0.05, 0) is 26.2 Å². The van der Waals surface area contributed by atoms with Crippen molar-refractivity contribution >= 4 is 17.9 Å². The number of ether oxygens (including phenoxy) is 1. The fourth-order valence-electron chi connectivity index (χ4n) is 2.38. The van der Waals surface area contributed by atoms with Crippen molar-refractivity contribution in [2.24, 2.45) is 11.5 Å². The first-order valence-corrected chi connectivity index (χ1v) is 8.41. The van der Waals surface area contributed by atoms with Crippen LogP contribution in [0.3, 0.4) is 0 Å². The third-order valence-electron chi connectivity index (χ3n) is 4.22. The summed E-state index contributed by atoms with van der Waals surface area (Å²) in [5.41, 5.74) is 9.87. The zero-order chi connectivity index (χ0) is 20.2. The predicted molar refractivity (Wildman–Crippen MR) is 89.7 cm³/mol. The topological polar surface area (TPSA) is 196 Å². The minimum atomic E-state index is -1.04. The Morgan fingerprint density at radius 1 is 1.33 bits per heavy atom. The van der Waals surface area contributed by atoms with Crippen molar-refractivity contribution in [3.05, 3.63) is 11.8 Å². The van der Waals surface area contributed by atoms with E-state index in [1.807, 2.05) is 0 Å². The molecule has 1 fully saturated rings. The molecule has 1 aromatic heterocycles. The van der Waals surface area contributed by atoms with E-state index < -0.39 is 41.6 Å². The summed E-state index contributed by atoms with van der Waals surface area (Å²) in [5.74, 6) is -1.12. The van der Waals surface area contributed by atoms with E-state index in [-0.39, 0.29) is 24.6 Å². The van der Waals surface area contributed by atoms with Crippen LogP contribution >= 0.6 is 0 Å². The largest absolute Gasteiger partial charge is 0.467 e. The summed E-state index contributed by atoms with van der Waals surface area (Å²) in [4.78, 5) is 35.1. The van der Waals surface area contributed by atoms with Gasteiger partial charge in [0.25, 0.3) is 0 Å². The van der Waals surface area contributed by atoms with Gasteiger partial charge in [-0.3, -0.25) is 4.79 Å². The van der Waals surface area contributed by atoms with Crippen LogP contribution in [0.15, 0.2) is 4.42 Å².